The Labute approximate surface area is 86.6 Å². The third kappa shape index (κ3) is 1.51. The molecule has 2 aliphatic heterocycles. The molecule has 0 aromatic heterocycles. The summed E-state index contributed by atoms with van der Waals surface area (Å²) in [6, 6.07) is 1.74. The van der Waals surface area contributed by atoms with Crippen LogP contribution in [0.5, 0.6) is 0 Å². The van der Waals surface area contributed by atoms with E-state index in [1.54, 1.807) is 0 Å². The van der Waals surface area contributed by atoms with Crippen molar-refractivity contribution in [3.05, 3.63) is 12.2 Å². The topological polar surface area (TPSA) is 6.48 Å². The number of hydrogen-bond acceptors (Lipinski definition) is 2. The number of hydrogen-bond donors (Lipinski definition) is 0. The fourth-order valence-electron chi connectivity index (χ4n) is 3.25. The van der Waals surface area contributed by atoms with Gasteiger partial charge in [-0.2, -0.15) is 0 Å². The minimum atomic E-state index is 0.845. The lowest BCUT2D eigenvalue weighted by Gasteiger charge is -2.40. The highest BCUT2D eigenvalue weighted by Crippen LogP contribution is 2.25. The van der Waals surface area contributed by atoms with Crippen molar-refractivity contribution in [2.24, 2.45) is 0 Å². The molecule has 1 unspecified atom stereocenters. The Morgan fingerprint density at radius 1 is 0.857 bits per heavy atom. The van der Waals surface area contributed by atoms with Crippen LogP contribution in [0.3, 0.4) is 0 Å². The minimum absolute atomic E-state index is 0.845. The van der Waals surface area contributed by atoms with E-state index in [1.165, 1.54) is 51.9 Å². The van der Waals surface area contributed by atoms with Crippen LogP contribution in [0.2, 0.25) is 0 Å². The molecule has 1 atom stereocenters. The second-order valence-electron chi connectivity index (χ2n) is 4.92. The monoisotopic (exact) mass is 192 g/mol. The van der Waals surface area contributed by atoms with Gasteiger partial charge in [0.1, 0.15) is 0 Å². The number of rotatable bonds is 1. The summed E-state index contributed by atoms with van der Waals surface area (Å²) in [7, 11) is 0. The highest BCUT2D eigenvalue weighted by Gasteiger charge is 2.33. The molecule has 0 N–H and O–H groups in total. The lowest BCUT2D eigenvalue weighted by Crippen LogP contribution is -2.52. The van der Waals surface area contributed by atoms with E-state index in [4.69, 9.17) is 0 Å². The predicted octanol–water partition coefficient (Wildman–Crippen LogP) is 1.49. The first-order chi connectivity index (χ1) is 6.93. The summed E-state index contributed by atoms with van der Waals surface area (Å²) in [5.41, 5.74) is 0. The van der Waals surface area contributed by atoms with E-state index in [-0.39, 0.29) is 0 Å². The van der Waals surface area contributed by atoms with Gasteiger partial charge in [-0.05, 0) is 32.2 Å². The van der Waals surface area contributed by atoms with Crippen molar-refractivity contribution < 1.29 is 0 Å². The minimum Gasteiger partial charge on any atom is -0.298 e. The van der Waals surface area contributed by atoms with Crippen LogP contribution < -0.4 is 0 Å². The van der Waals surface area contributed by atoms with Gasteiger partial charge in [-0.15, -0.1) is 0 Å². The first-order valence-electron chi connectivity index (χ1n) is 6.06. The van der Waals surface area contributed by atoms with Crippen LogP contribution in [0.25, 0.3) is 0 Å². The first-order valence-corrected chi connectivity index (χ1v) is 6.06. The van der Waals surface area contributed by atoms with E-state index >= 15 is 0 Å². The molecule has 14 heavy (non-hydrogen) atoms. The quantitative estimate of drug-likeness (QED) is 0.581. The summed E-state index contributed by atoms with van der Waals surface area (Å²) in [5.74, 6) is 0. The zero-order valence-corrected chi connectivity index (χ0v) is 8.86. The number of piperazine rings is 1. The summed E-state index contributed by atoms with van der Waals surface area (Å²) in [5, 5.41) is 0. The molecule has 2 nitrogen and oxygen atoms in total. The smallest absolute Gasteiger partial charge is 0.0224 e. The molecule has 0 saturated carbocycles. The largest absolute Gasteiger partial charge is 0.298 e. The van der Waals surface area contributed by atoms with Gasteiger partial charge in [0.05, 0.1) is 0 Å². The molecule has 0 aromatic rings. The Bertz CT molecular complexity index is 228. The lowest BCUT2D eigenvalue weighted by atomic mass is 10.1. The van der Waals surface area contributed by atoms with Crippen LogP contribution in [0.4, 0.5) is 0 Å². The Kier molecular flexibility index (Phi) is 2.34. The van der Waals surface area contributed by atoms with Crippen LogP contribution >= 0.6 is 0 Å². The molecule has 0 amide bonds. The van der Waals surface area contributed by atoms with E-state index in [0.717, 1.165) is 12.1 Å². The van der Waals surface area contributed by atoms with E-state index in [2.05, 4.69) is 22.0 Å². The van der Waals surface area contributed by atoms with Crippen molar-refractivity contribution in [2.75, 3.05) is 26.2 Å². The summed E-state index contributed by atoms with van der Waals surface area (Å²) in [4.78, 5) is 5.42. The van der Waals surface area contributed by atoms with Gasteiger partial charge < -0.3 is 0 Å². The molecule has 2 saturated heterocycles. The highest BCUT2D eigenvalue weighted by atomic mass is 15.3. The molecule has 2 heteroatoms. The number of nitrogens with zero attached hydrogens (tertiary/aromatic N) is 2. The van der Waals surface area contributed by atoms with Crippen molar-refractivity contribution in [3.8, 4) is 0 Å². The normalized spacial score (nSPS) is 35.3. The second-order valence-corrected chi connectivity index (χ2v) is 4.92. The average Bonchev–Trinajstić information content (AvgIpc) is 2.88. The molecular weight excluding hydrogens is 172 g/mol. The van der Waals surface area contributed by atoms with Gasteiger partial charge in [-0.3, -0.25) is 9.80 Å². The van der Waals surface area contributed by atoms with Crippen molar-refractivity contribution >= 4 is 0 Å². The number of fused-ring (bicyclic) bond motifs is 1. The molecule has 1 aliphatic carbocycles. The molecule has 0 bridgehead atoms. The van der Waals surface area contributed by atoms with Gasteiger partial charge in [-0.1, -0.05) is 12.2 Å². The third-order valence-corrected chi connectivity index (χ3v) is 4.12. The first kappa shape index (κ1) is 8.93. The summed E-state index contributed by atoms with van der Waals surface area (Å²) in [6.45, 7) is 5.33. The predicted molar refractivity (Wildman–Crippen MR) is 58.3 cm³/mol. The van der Waals surface area contributed by atoms with Crippen molar-refractivity contribution in [1.29, 1.82) is 0 Å². The van der Waals surface area contributed by atoms with Crippen LogP contribution in [0.15, 0.2) is 12.2 Å². The molecule has 0 spiro atoms. The van der Waals surface area contributed by atoms with Crippen molar-refractivity contribution in [3.63, 3.8) is 0 Å². The summed E-state index contributed by atoms with van der Waals surface area (Å²) >= 11 is 0. The molecule has 3 rings (SSSR count). The Balaban J connectivity index is 1.61. The zero-order valence-electron chi connectivity index (χ0n) is 8.86. The zero-order chi connectivity index (χ0) is 9.38. The van der Waals surface area contributed by atoms with Gasteiger partial charge in [0, 0.05) is 31.7 Å². The third-order valence-electron chi connectivity index (χ3n) is 4.12. The van der Waals surface area contributed by atoms with E-state index in [9.17, 15) is 0 Å². The SMILES string of the molecule is C1=CCC(N2CCN3CCCC3C2)C1. The molecule has 78 valence electrons. The highest BCUT2D eigenvalue weighted by molar-refractivity contribution is 5.00. The molecule has 2 heterocycles. The van der Waals surface area contributed by atoms with Crippen LogP contribution in [-0.4, -0.2) is 48.1 Å². The maximum Gasteiger partial charge on any atom is 0.0224 e. The van der Waals surface area contributed by atoms with Gasteiger partial charge >= 0.3 is 0 Å². The van der Waals surface area contributed by atoms with Gasteiger partial charge in [0.15, 0.2) is 0 Å². The van der Waals surface area contributed by atoms with Crippen molar-refractivity contribution in [1.82, 2.24) is 9.80 Å². The molecule has 3 aliphatic rings. The van der Waals surface area contributed by atoms with E-state index < -0.39 is 0 Å². The van der Waals surface area contributed by atoms with E-state index in [1.807, 2.05) is 0 Å². The van der Waals surface area contributed by atoms with Crippen LogP contribution in [0, 0.1) is 0 Å². The fraction of sp³-hybridized carbons (Fsp3) is 0.833. The van der Waals surface area contributed by atoms with Crippen LogP contribution in [-0.2, 0) is 0 Å². The Morgan fingerprint density at radius 2 is 1.64 bits per heavy atom. The maximum absolute atomic E-state index is 2.73. The maximum atomic E-state index is 2.73. The van der Waals surface area contributed by atoms with Crippen LogP contribution in [0.1, 0.15) is 25.7 Å². The summed E-state index contributed by atoms with van der Waals surface area (Å²) < 4.78 is 0. The standard InChI is InChI=1S/C12H20N2/c1-2-5-11(4-1)14-9-8-13-7-3-6-12(13)10-14/h1-2,11-12H,3-10H2. The van der Waals surface area contributed by atoms with Crippen molar-refractivity contribution in [2.45, 2.75) is 37.8 Å². The Morgan fingerprint density at radius 3 is 2.50 bits per heavy atom. The van der Waals surface area contributed by atoms with Gasteiger partial charge in [-0.25, -0.2) is 0 Å². The molecule has 2 fully saturated rings. The lowest BCUT2D eigenvalue weighted by molar-refractivity contribution is 0.0753. The molecule has 0 aromatic carbocycles. The van der Waals surface area contributed by atoms with Gasteiger partial charge in [0.25, 0.3) is 0 Å². The van der Waals surface area contributed by atoms with E-state index in [0.29, 0.717) is 0 Å². The average molecular weight is 192 g/mol. The van der Waals surface area contributed by atoms with Gasteiger partial charge in [0.2, 0.25) is 0 Å². The summed E-state index contributed by atoms with van der Waals surface area (Å²) in [6.07, 6.45) is 10.2. The fourth-order valence-corrected chi connectivity index (χ4v) is 3.25. The molecule has 0 radical (unpaired) electrons. The molecular formula is C12H20N2. The Hall–Kier alpha value is -0.340. The second kappa shape index (κ2) is 3.67.